The molecule has 0 atom stereocenters. The van der Waals surface area contributed by atoms with Gasteiger partial charge in [0.1, 0.15) is 5.82 Å². The number of nitrogens with one attached hydrogen (secondary N) is 3. The topological polar surface area (TPSA) is 66.1 Å². The third kappa shape index (κ3) is 5.49. The first-order valence-electron chi connectivity index (χ1n) is 7.05. The summed E-state index contributed by atoms with van der Waals surface area (Å²) in [5.74, 6) is 0.646. The van der Waals surface area contributed by atoms with E-state index in [4.69, 9.17) is 12.2 Å². The normalized spacial score (nSPS) is 9.82. The van der Waals surface area contributed by atoms with Crippen LogP contribution in [0.2, 0.25) is 0 Å². The van der Waals surface area contributed by atoms with Crippen molar-refractivity contribution < 1.29 is 4.79 Å². The van der Waals surface area contributed by atoms with Gasteiger partial charge >= 0.3 is 0 Å². The number of rotatable bonds is 6. The van der Waals surface area contributed by atoms with E-state index in [1.807, 2.05) is 36.4 Å². The number of amides is 1. The number of hydrogen-bond acceptors (Lipinski definition) is 4. The lowest BCUT2D eigenvalue weighted by atomic mass is 10.2. The van der Waals surface area contributed by atoms with E-state index in [1.54, 1.807) is 18.3 Å². The van der Waals surface area contributed by atoms with Crippen LogP contribution in [0.5, 0.6) is 0 Å². The number of carbonyl (C=O) groups is 1. The highest BCUT2D eigenvalue weighted by molar-refractivity contribution is 7.80. The molecule has 114 valence electrons. The SMILES string of the molecule is O=C(NC(=S)NCCCNc1ccccn1)c1ccccc1. The summed E-state index contributed by atoms with van der Waals surface area (Å²) in [4.78, 5) is 16.0. The molecule has 0 fully saturated rings. The zero-order chi connectivity index (χ0) is 15.6. The van der Waals surface area contributed by atoms with E-state index in [9.17, 15) is 4.79 Å². The minimum atomic E-state index is -0.204. The Hall–Kier alpha value is -2.47. The second-order valence-electron chi connectivity index (χ2n) is 4.57. The molecule has 0 aliphatic carbocycles. The lowest BCUT2D eigenvalue weighted by molar-refractivity contribution is 0.0976. The fourth-order valence-electron chi connectivity index (χ4n) is 1.78. The van der Waals surface area contributed by atoms with Crippen LogP contribution in [0, 0.1) is 0 Å². The van der Waals surface area contributed by atoms with Crippen molar-refractivity contribution in [2.45, 2.75) is 6.42 Å². The third-order valence-corrected chi connectivity index (χ3v) is 3.12. The average Bonchev–Trinajstić information content (AvgIpc) is 2.56. The highest BCUT2D eigenvalue weighted by Gasteiger charge is 2.06. The number of hydrogen-bond donors (Lipinski definition) is 3. The second kappa shape index (κ2) is 8.74. The van der Waals surface area contributed by atoms with Crippen LogP contribution in [0.1, 0.15) is 16.8 Å². The van der Waals surface area contributed by atoms with Crippen molar-refractivity contribution in [2.24, 2.45) is 0 Å². The Balaban J connectivity index is 1.61. The fourth-order valence-corrected chi connectivity index (χ4v) is 1.98. The molecule has 0 bridgehead atoms. The van der Waals surface area contributed by atoms with Gasteiger partial charge in [0.15, 0.2) is 5.11 Å². The number of pyridine rings is 1. The molecule has 1 aromatic carbocycles. The lowest BCUT2D eigenvalue weighted by Gasteiger charge is -2.10. The zero-order valence-electron chi connectivity index (χ0n) is 12.1. The number of nitrogens with zero attached hydrogens (tertiary/aromatic N) is 1. The van der Waals surface area contributed by atoms with Crippen molar-refractivity contribution in [2.75, 3.05) is 18.4 Å². The Labute approximate surface area is 135 Å². The lowest BCUT2D eigenvalue weighted by Crippen LogP contribution is -2.39. The van der Waals surface area contributed by atoms with Crippen molar-refractivity contribution in [1.29, 1.82) is 0 Å². The van der Waals surface area contributed by atoms with Gasteiger partial charge in [-0.2, -0.15) is 0 Å². The molecule has 0 aliphatic heterocycles. The van der Waals surface area contributed by atoms with Crippen LogP contribution >= 0.6 is 12.2 Å². The van der Waals surface area contributed by atoms with E-state index >= 15 is 0 Å². The van der Waals surface area contributed by atoms with Crippen LogP contribution in [0.15, 0.2) is 54.7 Å². The quantitative estimate of drug-likeness (QED) is 0.563. The van der Waals surface area contributed by atoms with Gasteiger partial charge in [0.05, 0.1) is 0 Å². The molecule has 0 spiro atoms. The van der Waals surface area contributed by atoms with Gasteiger partial charge in [-0.25, -0.2) is 4.98 Å². The van der Waals surface area contributed by atoms with Crippen LogP contribution < -0.4 is 16.0 Å². The molecular weight excluding hydrogens is 296 g/mol. The smallest absolute Gasteiger partial charge is 0.257 e. The first-order valence-corrected chi connectivity index (χ1v) is 7.45. The van der Waals surface area contributed by atoms with Crippen molar-refractivity contribution in [3.8, 4) is 0 Å². The molecule has 0 saturated carbocycles. The summed E-state index contributed by atoms with van der Waals surface area (Å²) in [7, 11) is 0. The largest absolute Gasteiger partial charge is 0.370 e. The van der Waals surface area contributed by atoms with Gasteiger partial charge in [-0.05, 0) is 42.9 Å². The van der Waals surface area contributed by atoms with Crippen molar-refractivity contribution in [3.63, 3.8) is 0 Å². The minimum Gasteiger partial charge on any atom is -0.370 e. The molecule has 0 aliphatic rings. The number of anilines is 1. The molecule has 1 heterocycles. The summed E-state index contributed by atoms with van der Waals surface area (Å²) in [6, 6.07) is 14.7. The Morgan fingerprint density at radius 1 is 1.05 bits per heavy atom. The predicted molar refractivity (Wildman–Crippen MR) is 91.9 cm³/mol. The maximum absolute atomic E-state index is 11.9. The molecule has 3 N–H and O–H groups in total. The number of aromatic nitrogens is 1. The maximum atomic E-state index is 11.9. The first-order chi connectivity index (χ1) is 10.8. The molecule has 22 heavy (non-hydrogen) atoms. The highest BCUT2D eigenvalue weighted by atomic mass is 32.1. The van der Waals surface area contributed by atoms with Gasteiger partial charge in [0, 0.05) is 24.8 Å². The number of thiocarbonyl (C=S) groups is 1. The Morgan fingerprint density at radius 3 is 2.55 bits per heavy atom. The molecule has 2 aromatic rings. The first kappa shape index (κ1) is 15.9. The Bertz CT molecular complexity index is 604. The van der Waals surface area contributed by atoms with E-state index in [2.05, 4.69) is 20.9 Å². The van der Waals surface area contributed by atoms with Gasteiger partial charge in [-0.15, -0.1) is 0 Å². The fraction of sp³-hybridized carbons (Fsp3) is 0.188. The van der Waals surface area contributed by atoms with E-state index in [-0.39, 0.29) is 5.91 Å². The summed E-state index contributed by atoms with van der Waals surface area (Å²) in [6.07, 6.45) is 2.60. The third-order valence-electron chi connectivity index (χ3n) is 2.87. The highest BCUT2D eigenvalue weighted by Crippen LogP contribution is 1.99. The Kier molecular flexibility index (Phi) is 6.32. The van der Waals surface area contributed by atoms with Crippen LogP contribution in [-0.4, -0.2) is 29.1 Å². The number of benzene rings is 1. The monoisotopic (exact) mass is 314 g/mol. The summed E-state index contributed by atoms with van der Waals surface area (Å²) < 4.78 is 0. The van der Waals surface area contributed by atoms with Gasteiger partial charge in [-0.1, -0.05) is 24.3 Å². The zero-order valence-corrected chi connectivity index (χ0v) is 12.9. The summed E-state index contributed by atoms with van der Waals surface area (Å²) in [5.41, 5.74) is 0.587. The molecule has 6 heteroatoms. The van der Waals surface area contributed by atoms with E-state index in [1.165, 1.54) is 0 Å². The molecule has 1 aromatic heterocycles. The average molecular weight is 314 g/mol. The molecule has 0 radical (unpaired) electrons. The summed E-state index contributed by atoms with van der Waals surface area (Å²) in [5, 5.41) is 9.20. The number of carbonyl (C=O) groups excluding carboxylic acids is 1. The summed E-state index contributed by atoms with van der Waals surface area (Å²) >= 11 is 5.10. The molecule has 0 saturated heterocycles. The van der Waals surface area contributed by atoms with Crippen LogP contribution in [0.25, 0.3) is 0 Å². The van der Waals surface area contributed by atoms with Gasteiger partial charge in [0.2, 0.25) is 0 Å². The minimum absolute atomic E-state index is 0.204. The van der Waals surface area contributed by atoms with Gasteiger partial charge < -0.3 is 10.6 Å². The van der Waals surface area contributed by atoms with Crippen molar-refractivity contribution >= 4 is 29.1 Å². The Morgan fingerprint density at radius 2 is 1.82 bits per heavy atom. The predicted octanol–water partition coefficient (Wildman–Crippen LogP) is 2.19. The van der Waals surface area contributed by atoms with E-state index in [0.29, 0.717) is 17.2 Å². The molecule has 0 unspecified atom stereocenters. The van der Waals surface area contributed by atoms with E-state index in [0.717, 1.165) is 18.8 Å². The molecule has 5 nitrogen and oxygen atoms in total. The van der Waals surface area contributed by atoms with Crippen molar-refractivity contribution in [3.05, 3.63) is 60.3 Å². The molecule has 1 amide bonds. The second-order valence-corrected chi connectivity index (χ2v) is 4.98. The molecular formula is C16H18N4OS. The molecule has 2 rings (SSSR count). The van der Waals surface area contributed by atoms with E-state index < -0.39 is 0 Å². The van der Waals surface area contributed by atoms with Gasteiger partial charge in [0.25, 0.3) is 5.91 Å². The van der Waals surface area contributed by atoms with Crippen LogP contribution in [0.3, 0.4) is 0 Å². The standard InChI is InChI=1S/C16H18N4OS/c21-15(13-7-2-1-3-8-13)20-16(22)19-12-6-11-18-14-9-4-5-10-17-14/h1-5,7-10H,6,11-12H2,(H,17,18)(H2,19,20,21,22). The maximum Gasteiger partial charge on any atom is 0.257 e. The van der Waals surface area contributed by atoms with Crippen molar-refractivity contribution in [1.82, 2.24) is 15.6 Å². The summed E-state index contributed by atoms with van der Waals surface area (Å²) in [6.45, 7) is 1.45. The van der Waals surface area contributed by atoms with Crippen LogP contribution in [-0.2, 0) is 0 Å². The van der Waals surface area contributed by atoms with Gasteiger partial charge in [-0.3, -0.25) is 10.1 Å². The van der Waals surface area contributed by atoms with Crippen LogP contribution in [0.4, 0.5) is 5.82 Å².